The summed E-state index contributed by atoms with van der Waals surface area (Å²) in [5.74, 6) is -0.147. The number of carboxylic acids is 1. The molecule has 3 nitrogen and oxygen atoms in total. The highest BCUT2D eigenvalue weighted by Crippen LogP contribution is 2.20. The van der Waals surface area contributed by atoms with Gasteiger partial charge in [0, 0.05) is 5.39 Å². The van der Waals surface area contributed by atoms with E-state index in [1.54, 1.807) is 24.3 Å². The van der Waals surface area contributed by atoms with E-state index in [-0.39, 0.29) is 5.56 Å². The van der Waals surface area contributed by atoms with Crippen molar-refractivity contribution in [3.8, 4) is 0 Å². The molecule has 3 aromatic rings. The van der Waals surface area contributed by atoms with Gasteiger partial charge in [0.1, 0.15) is 11.3 Å². The van der Waals surface area contributed by atoms with Gasteiger partial charge in [0.05, 0.1) is 5.56 Å². The zero-order valence-corrected chi connectivity index (χ0v) is 10.6. The number of carboxylic acid groups (broad SMARTS) is 1. The van der Waals surface area contributed by atoms with Crippen LogP contribution in [0.5, 0.6) is 0 Å². The first-order valence-corrected chi connectivity index (χ1v) is 6.22. The predicted molar refractivity (Wildman–Crippen MR) is 78.5 cm³/mol. The summed E-state index contributed by atoms with van der Waals surface area (Å²) in [6.45, 7) is 0. The number of para-hydroxylation sites is 1. The van der Waals surface area contributed by atoms with Crippen molar-refractivity contribution in [2.24, 2.45) is 0 Å². The summed E-state index contributed by atoms with van der Waals surface area (Å²) < 4.78 is 5.67. The Morgan fingerprint density at radius 3 is 2.45 bits per heavy atom. The van der Waals surface area contributed by atoms with Crippen LogP contribution in [-0.2, 0) is 0 Å². The second-order valence-electron chi connectivity index (χ2n) is 4.45. The fourth-order valence-corrected chi connectivity index (χ4v) is 2.00. The molecule has 0 saturated heterocycles. The second kappa shape index (κ2) is 5.05. The highest BCUT2D eigenvalue weighted by atomic mass is 16.4. The molecule has 0 aliphatic rings. The van der Waals surface area contributed by atoms with Crippen molar-refractivity contribution >= 4 is 29.1 Å². The molecule has 0 atom stereocenters. The van der Waals surface area contributed by atoms with Gasteiger partial charge in [0.2, 0.25) is 0 Å². The molecule has 0 fully saturated rings. The third kappa shape index (κ3) is 2.47. The van der Waals surface area contributed by atoms with Crippen molar-refractivity contribution < 1.29 is 14.3 Å². The highest BCUT2D eigenvalue weighted by Gasteiger charge is 2.01. The molecule has 0 unspecified atom stereocenters. The molecule has 3 rings (SSSR count). The van der Waals surface area contributed by atoms with Crippen LogP contribution < -0.4 is 0 Å². The number of furan rings is 1. The normalized spacial score (nSPS) is 11.2. The largest absolute Gasteiger partial charge is 0.478 e. The molecule has 20 heavy (non-hydrogen) atoms. The van der Waals surface area contributed by atoms with E-state index >= 15 is 0 Å². The minimum absolute atomic E-state index is 0.283. The average molecular weight is 264 g/mol. The molecule has 0 spiro atoms. The summed E-state index contributed by atoms with van der Waals surface area (Å²) in [5, 5.41) is 9.89. The summed E-state index contributed by atoms with van der Waals surface area (Å²) in [4.78, 5) is 10.8. The lowest BCUT2D eigenvalue weighted by atomic mass is 10.1. The van der Waals surface area contributed by atoms with Crippen molar-refractivity contribution in [3.63, 3.8) is 0 Å². The number of rotatable bonds is 3. The van der Waals surface area contributed by atoms with Crippen molar-refractivity contribution in [1.29, 1.82) is 0 Å². The first kappa shape index (κ1) is 12.2. The van der Waals surface area contributed by atoms with Gasteiger partial charge in [0.15, 0.2) is 0 Å². The molecule has 1 heterocycles. The summed E-state index contributed by atoms with van der Waals surface area (Å²) >= 11 is 0. The van der Waals surface area contributed by atoms with Crippen LogP contribution in [0.15, 0.2) is 59.0 Å². The van der Waals surface area contributed by atoms with Gasteiger partial charge in [-0.05, 0) is 35.9 Å². The molecule has 0 amide bonds. The maximum Gasteiger partial charge on any atom is 0.335 e. The van der Waals surface area contributed by atoms with Crippen LogP contribution in [0.4, 0.5) is 0 Å². The Morgan fingerprint density at radius 2 is 1.75 bits per heavy atom. The smallest absolute Gasteiger partial charge is 0.335 e. The maximum atomic E-state index is 10.8. The molecule has 0 radical (unpaired) electrons. The SMILES string of the molecule is O=C(O)c1ccc(/C=C/c2cc3ccccc3o2)cc1. The second-order valence-corrected chi connectivity index (χ2v) is 4.45. The van der Waals surface area contributed by atoms with Crippen LogP contribution in [0.1, 0.15) is 21.7 Å². The van der Waals surface area contributed by atoms with E-state index in [0.29, 0.717) is 0 Å². The van der Waals surface area contributed by atoms with Crippen LogP contribution in [-0.4, -0.2) is 11.1 Å². The number of aromatic carboxylic acids is 1. The highest BCUT2D eigenvalue weighted by molar-refractivity contribution is 5.88. The number of carbonyl (C=O) groups is 1. The van der Waals surface area contributed by atoms with Gasteiger partial charge in [0.25, 0.3) is 0 Å². The molecule has 0 saturated carbocycles. The number of fused-ring (bicyclic) bond motifs is 1. The molecule has 3 heteroatoms. The van der Waals surface area contributed by atoms with E-state index in [2.05, 4.69) is 0 Å². The van der Waals surface area contributed by atoms with Gasteiger partial charge in [-0.2, -0.15) is 0 Å². The average Bonchev–Trinajstić information content (AvgIpc) is 2.88. The summed E-state index contributed by atoms with van der Waals surface area (Å²) in [6.07, 6.45) is 3.76. The van der Waals surface area contributed by atoms with Crippen LogP contribution in [0.3, 0.4) is 0 Å². The van der Waals surface area contributed by atoms with E-state index in [1.165, 1.54) is 0 Å². The standard InChI is InChI=1S/C17H12O3/c18-17(19)13-8-5-12(6-9-13)7-10-15-11-14-3-1-2-4-16(14)20-15/h1-11H,(H,18,19)/b10-7+. The molecular formula is C17H12O3. The third-order valence-electron chi connectivity index (χ3n) is 3.04. The Kier molecular flexibility index (Phi) is 3.09. The first-order valence-electron chi connectivity index (χ1n) is 6.22. The Labute approximate surface area is 115 Å². The summed E-state index contributed by atoms with van der Waals surface area (Å²) in [6, 6.07) is 16.5. The Hall–Kier alpha value is -2.81. The molecule has 0 aliphatic carbocycles. The number of hydrogen-bond donors (Lipinski definition) is 1. The van der Waals surface area contributed by atoms with Crippen LogP contribution in [0.25, 0.3) is 23.1 Å². The molecule has 2 aromatic carbocycles. The van der Waals surface area contributed by atoms with Crippen LogP contribution in [0.2, 0.25) is 0 Å². The van der Waals surface area contributed by atoms with Gasteiger partial charge in [-0.15, -0.1) is 0 Å². The van der Waals surface area contributed by atoms with Crippen molar-refractivity contribution in [2.45, 2.75) is 0 Å². The zero-order valence-electron chi connectivity index (χ0n) is 10.6. The zero-order chi connectivity index (χ0) is 13.9. The molecule has 1 aromatic heterocycles. The minimum atomic E-state index is -0.919. The van der Waals surface area contributed by atoms with E-state index in [1.807, 2.05) is 42.5 Å². The maximum absolute atomic E-state index is 10.8. The molecule has 0 bridgehead atoms. The lowest BCUT2D eigenvalue weighted by molar-refractivity contribution is 0.0697. The number of hydrogen-bond acceptors (Lipinski definition) is 2. The van der Waals surface area contributed by atoms with Gasteiger partial charge in [-0.3, -0.25) is 0 Å². The van der Waals surface area contributed by atoms with Crippen LogP contribution >= 0.6 is 0 Å². The van der Waals surface area contributed by atoms with E-state index < -0.39 is 5.97 Å². The van der Waals surface area contributed by atoms with Crippen molar-refractivity contribution in [1.82, 2.24) is 0 Å². The topological polar surface area (TPSA) is 50.4 Å². The van der Waals surface area contributed by atoms with E-state index in [4.69, 9.17) is 9.52 Å². The molecular weight excluding hydrogens is 252 g/mol. The molecule has 98 valence electrons. The van der Waals surface area contributed by atoms with Crippen molar-refractivity contribution in [3.05, 3.63) is 71.5 Å². The first-order chi connectivity index (χ1) is 9.72. The van der Waals surface area contributed by atoms with Gasteiger partial charge in [-0.1, -0.05) is 36.4 Å². The Balaban J connectivity index is 1.84. The number of benzene rings is 2. The molecule has 1 N–H and O–H groups in total. The van der Waals surface area contributed by atoms with Gasteiger partial charge >= 0.3 is 5.97 Å². The van der Waals surface area contributed by atoms with Gasteiger partial charge in [-0.25, -0.2) is 4.79 Å². The fourth-order valence-electron chi connectivity index (χ4n) is 2.00. The van der Waals surface area contributed by atoms with E-state index in [0.717, 1.165) is 22.3 Å². The van der Waals surface area contributed by atoms with Crippen LogP contribution in [0, 0.1) is 0 Å². The van der Waals surface area contributed by atoms with Crippen molar-refractivity contribution in [2.75, 3.05) is 0 Å². The Morgan fingerprint density at radius 1 is 1.00 bits per heavy atom. The van der Waals surface area contributed by atoms with Gasteiger partial charge < -0.3 is 9.52 Å². The fraction of sp³-hybridized carbons (Fsp3) is 0. The minimum Gasteiger partial charge on any atom is -0.478 e. The third-order valence-corrected chi connectivity index (χ3v) is 3.04. The lowest BCUT2D eigenvalue weighted by Gasteiger charge is -1.95. The molecule has 0 aliphatic heterocycles. The van der Waals surface area contributed by atoms with E-state index in [9.17, 15) is 4.79 Å². The monoisotopic (exact) mass is 264 g/mol. The predicted octanol–water partition coefficient (Wildman–Crippen LogP) is 4.30. The Bertz CT molecular complexity index is 746. The quantitative estimate of drug-likeness (QED) is 0.767. The summed E-state index contributed by atoms with van der Waals surface area (Å²) in [7, 11) is 0. The summed E-state index contributed by atoms with van der Waals surface area (Å²) in [5.41, 5.74) is 2.06. The lowest BCUT2D eigenvalue weighted by Crippen LogP contribution is -1.94.